The summed E-state index contributed by atoms with van der Waals surface area (Å²) in [5.41, 5.74) is 1.73. The summed E-state index contributed by atoms with van der Waals surface area (Å²) in [6, 6.07) is 1.27. The first-order valence-corrected chi connectivity index (χ1v) is 30.1. The van der Waals surface area contributed by atoms with Gasteiger partial charge >= 0.3 is 0 Å². The lowest BCUT2D eigenvalue weighted by Crippen LogP contribution is -2.32. The molecule has 0 radical (unpaired) electrons. The Labute approximate surface area is 400 Å². The van der Waals surface area contributed by atoms with Gasteiger partial charge in [0.2, 0.25) is 0 Å². The van der Waals surface area contributed by atoms with Gasteiger partial charge in [-0.1, -0.05) is 303 Å². The van der Waals surface area contributed by atoms with E-state index in [4.69, 9.17) is 0 Å². The highest BCUT2D eigenvalue weighted by molar-refractivity contribution is 6.07. The molecule has 1 rings (SSSR count). The van der Waals surface area contributed by atoms with Crippen molar-refractivity contribution in [2.24, 2.45) is 0 Å². The van der Waals surface area contributed by atoms with E-state index >= 15 is 0 Å². The van der Waals surface area contributed by atoms with Gasteiger partial charge in [-0.2, -0.15) is 0 Å². The number of hydrogen-bond acceptors (Lipinski definition) is 2. The minimum atomic E-state index is 0.637. The van der Waals surface area contributed by atoms with Crippen molar-refractivity contribution >= 4 is 5.71 Å². The third-order valence-corrected chi connectivity index (χ3v) is 15.3. The highest BCUT2D eigenvalue weighted by Gasteiger charge is 2.57. The van der Waals surface area contributed by atoms with E-state index in [0.717, 1.165) is 0 Å². The minimum Gasteiger partial charge on any atom is -0.293 e. The molecule has 1 fully saturated rings. The molecule has 0 aromatic rings. The van der Waals surface area contributed by atoms with Gasteiger partial charge in [0, 0.05) is 6.42 Å². The average molecular weight is 886 g/mol. The average Bonchev–Trinajstić information content (AvgIpc) is 4.05. The normalized spacial score (nSPS) is 15.1. The molecule has 0 heterocycles. The first kappa shape index (κ1) is 60.6. The molecule has 2 unspecified atom stereocenters. The first-order chi connectivity index (χ1) is 31.1. The SMILES string of the molecule is CCCCCCCCCCCCCCCCCCN(C)C1C(=[N+](C)CCCCCCCCCCCCCCCCCC)C1N(C)CCCCCCCCCCCCCCCCCC. The van der Waals surface area contributed by atoms with Crippen molar-refractivity contribution in [1.82, 2.24) is 9.80 Å². The van der Waals surface area contributed by atoms with Gasteiger partial charge in [-0.15, -0.1) is 0 Å². The van der Waals surface area contributed by atoms with Gasteiger partial charge in [-0.25, -0.2) is 4.58 Å². The van der Waals surface area contributed by atoms with Crippen molar-refractivity contribution in [3.8, 4) is 0 Å². The molecule has 0 aliphatic heterocycles. The largest absolute Gasteiger partial charge is 0.293 e. The Bertz CT molecular complexity index is 878. The van der Waals surface area contributed by atoms with Crippen molar-refractivity contribution in [2.75, 3.05) is 40.8 Å². The van der Waals surface area contributed by atoms with Crippen molar-refractivity contribution in [2.45, 2.75) is 341 Å². The van der Waals surface area contributed by atoms with Crippen molar-refractivity contribution in [3.05, 3.63) is 0 Å². The minimum absolute atomic E-state index is 0.637. The molecule has 0 spiro atoms. The van der Waals surface area contributed by atoms with Gasteiger partial charge in [-0.05, 0) is 46.4 Å². The van der Waals surface area contributed by atoms with Crippen LogP contribution in [-0.4, -0.2) is 72.9 Å². The van der Waals surface area contributed by atoms with Gasteiger partial charge in [0.05, 0.1) is 0 Å². The lowest BCUT2D eigenvalue weighted by atomic mass is 10.0. The summed E-state index contributed by atoms with van der Waals surface area (Å²) >= 11 is 0. The second-order valence-corrected chi connectivity index (χ2v) is 21.6. The molecule has 1 aliphatic rings. The van der Waals surface area contributed by atoms with Crippen LogP contribution in [0.15, 0.2) is 0 Å². The summed E-state index contributed by atoms with van der Waals surface area (Å²) in [4.78, 5) is 5.50. The maximum Gasteiger partial charge on any atom is 0.191 e. The molecule has 0 amide bonds. The second kappa shape index (κ2) is 48.1. The van der Waals surface area contributed by atoms with E-state index in [1.54, 1.807) is 5.71 Å². The molecule has 0 aromatic heterocycles. The Balaban J connectivity index is 2.31. The van der Waals surface area contributed by atoms with Crippen molar-refractivity contribution in [3.63, 3.8) is 0 Å². The molecular weight excluding hydrogens is 763 g/mol. The van der Waals surface area contributed by atoms with Crippen LogP contribution in [0, 0.1) is 0 Å². The number of likely N-dealkylation sites (N-methyl/N-ethyl adjacent to an activating group) is 2. The summed E-state index contributed by atoms with van der Waals surface area (Å²) in [5, 5.41) is 0. The van der Waals surface area contributed by atoms with Crippen LogP contribution < -0.4 is 0 Å². The van der Waals surface area contributed by atoms with Crippen LogP contribution in [-0.2, 0) is 0 Å². The topological polar surface area (TPSA) is 9.49 Å². The lowest BCUT2D eigenvalue weighted by Gasteiger charge is -2.19. The van der Waals surface area contributed by atoms with Gasteiger partial charge in [0.25, 0.3) is 0 Å². The number of rotatable bonds is 53. The van der Waals surface area contributed by atoms with Crippen LogP contribution in [0.4, 0.5) is 0 Å². The van der Waals surface area contributed by atoms with Gasteiger partial charge < -0.3 is 0 Å². The van der Waals surface area contributed by atoms with Crippen LogP contribution in [0.3, 0.4) is 0 Å². The molecule has 0 saturated heterocycles. The maximum atomic E-state index is 2.75. The summed E-state index contributed by atoms with van der Waals surface area (Å²) in [6.45, 7) is 10.7. The van der Waals surface area contributed by atoms with Crippen LogP contribution >= 0.6 is 0 Å². The lowest BCUT2D eigenvalue weighted by molar-refractivity contribution is -0.496. The summed E-state index contributed by atoms with van der Waals surface area (Å²) < 4.78 is 2.70. The van der Waals surface area contributed by atoms with Gasteiger partial charge in [0.1, 0.15) is 25.7 Å². The molecular formula is C60H122N3+. The zero-order chi connectivity index (χ0) is 45.5. The van der Waals surface area contributed by atoms with Gasteiger partial charge in [-0.3, -0.25) is 9.80 Å². The molecule has 3 nitrogen and oxygen atoms in total. The van der Waals surface area contributed by atoms with E-state index in [0.29, 0.717) is 12.1 Å². The summed E-state index contributed by atoms with van der Waals surface area (Å²) in [6.07, 6.45) is 69.6. The van der Waals surface area contributed by atoms with E-state index < -0.39 is 0 Å². The molecule has 0 N–H and O–H groups in total. The molecule has 0 aromatic carbocycles. The smallest absolute Gasteiger partial charge is 0.191 e. The molecule has 0 bridgehead atoms. The van der Waals surface area contributed by atoms with Crippen LogP contribution in [0.1, 0.15) is 329 Å². The Morgan fingerprint density at radius 2 is 0.444 bits per heavy atom. The Morgan fingerprint density at radius 3 is 0.651 bits per heavy atom. The highest BCUT2D eigenvalue weighted by atomic mass is 15.3. The van der Waals surface area contributed by atoms with E-state index in [2.05, 4.69) is 56.3 Å². The summed E-state index contributed by atoms with van der Waals surface area (Å²) in [7, 11) is 7.32. The van der Waals surface area contributed by atoms with E-state index in [1.807, 2.05) is 0 Å². The monoisotopic (exact) mass is 885 g/mol. The number of hydrogen-bond donors (Lipinski definition) is 0. The van der Waals surface area contributed by atoms with E-state index in [-0.39, 0.29) is 0 Å². The fourth-order valence-corrected chi connectivity index (χ4v) is 10.7. The predicted molar refractivity (Wildman–Crippen MR) is 288 cm³/mol. The van der Waals surface area contributed by atoms with Gasteiger partial charge in [0.15, 0.2) is 5.71 Å². The van der Waals surface area contributed by atoms with E-state index in [9.17, 15) is 0 Å². The number of unbranched alkanes of at least 4 members (excludes halogenated alkanes) is 45. The Hall–Kier alpha value is -0.410. The maximum absolute atomic E-state index is 2.75. The molecule has 63 heavy (non-hydrogen) atoms. The molecule has 2 atom stereocenters. The van der Waals surface area contributed by atoms with Crippen molar-refractivity contribution in [1.29, 1.82) is 0 Å². The second-order valence-electron chi connectivity index (χ2n) is 21.6. The van der Waals surface area contributed by atoms with E-state index in [1.165, 1.54) is 328 Å². The fraction of sp³-hybridized carbons (Fsp3) is 0.983. The highest BCUT2D eigenvalue weighted by Crippen LogP contribution is 2.30. The van der Waals surface area contributed by atoms with Crippen LogP contribution in [0.2, 0.25) is 0 Å². The van der Waals surface area contributed by atoms with Crippen molar-refractivity contribution < 1.29 is 4.58 Å². The molecule has 1 aliphatic carbocycles. The third kappa shape index (κ3) is 38.3. The van der Waals surface area contributed by atoms with Crippen LogP contribution in [0.5, 0.6) is 0 Å². The Kier molecular flexibility index (Phi) is 46.2. The quantitative estimate of drug-likeness (QED) is 0.0445. The zero-order valence-electron chi connectivity index (χ0n) is 45.1. The summed E-state index contributed by atoms with van der Waals surface area (Å²) in [5.74, 6) is 0. The molecule has 376 valence electrons. The predicted octanol–water partition coefficient (Wildman–Crippen LogP) is 19.5. The van der Waals surface area contributed by atoms with Crippen LogP contribution in [0.25, 0.3) is 0 Å². The zero-order valence-corrected chi connectivity index (χ0v) is 45.1. The Morgan fingerprint density at radius 1 is 0.270 bits per heavy atom. The number of nitrogens with zero attached hydrogens (tertiary/aromatic N) is 3. The third-order valence-electron chi connectivity index (χ3n) is 15.3. The molecule has 1 saturated carbocycles. The molecule has 3 heteroatoms. The standard InChI is InChI=1S/C60H122N3/c1-7-10-13-16-19-22-25-28-31-34-37-40-43-46-49-52-55-61(4)58-59(62(5)56-53-50-47-44-41-38-35-32-29-26-23-20-17-14-11-8-2)60(58)63(6)57-54-51-48-45-42-39-36-33-30-27-24-21-18-15-12-9-3/h58-59H,7-57H2,1-6H3/q+1. The fourth-order valence-electron chi connectivity index (χ4n) is 10.7. The first-order valence-electron chi connectivity index (χ1n) is 30.1.